The predicted octanol–water partition coefficient (Wildman–Crippen LogP) is 4.13. The summed E-state index contributed by atoms with van der Waals surface area (Å²) in [7, 11) is 0. The summed E-state index contributed by atoms with van der Waals surface area (Å²) < 4.78 is 6.83. The highest BCUT2D eigenvalue weighted by molar-refractivity contribution is 6.31. The highest BCUT2D eigenvalue weighted by atomic mass is 35.5. The molecule has 0 bridgehead atoms. The zero-order chi connectivity index (χ0) is 24.1. The maximum absolute atomic E-state index is 12.7. The molecule has 1 fully saturated rings. The number of carbonyl (C=O) groups excluding carboxylic acids is 1. The first-order valence-electron chi connectivity index (χ1n) is 11.6. The van der Waals surface area contributed by atoms with E-state index in [-0.39, 0.29) is 17.4 Å². The molecule has 1 amide bonds. The molecule has 0 unspecified atom stereocenters. The van der Waals surface area contributed by atoms with Crippen molar-refractivity contribution in [1.29, 1.82) is 0 Å². The minimum atomic E-state index is -0.216. The number of benzene rings is 2. The van der Waals surface area contributed by atoms with E-state index in [1.165, 1.54) is 10.7 Å². The second-order valence-corrected chi connectivity index (χ2v) is 8.84. The molecule has 0 radical (unpaired) electrons. The van der Waals surface area contributed by atoms with Crippen molar-refractivity contribution in [2.75, 3.05) is 24.6 Å². The number of piperidine rings is 1. The van der Waals surface area contributed by atoms with E-state index in [4.69, 9.17) is 16.3 Å². The van der Waals surface area contributed by atoms with Gasteiger partial charge in [-0.25, -0.2) is 0 Å². The molecule has 1 saturated heterocycles. The van der Waals surface area contributed by atoms with Crippen LogP contribution in [-0.2, 0) is 11.3 Å². The molecule has 2 aromatic carbocycles. The van der Waals surface area contributed by atoms with E-state index in [0.29, 0.717) is 42.8 Å². The van der Waals surface area contributed by atoms with Gasteiger partial charge in [-0.1, -0.05) is 29.8 Å². The van der Waals surface area contributed by atoms with Crippen LogP contribution in [0.4, 0.5) is 5.82 Å². The Morgan fingerprint density at radius 2 is 1.85 bits per heavy atom. The first kappa shape index (κ1) is 23.8. The molecule has 2 heterocycles. The standard InChI is InChI=1S/C26H29ClN4O3/c1-3-34-22-8-5-19(6-9-22)17-28-26(33)20-12-14-30(15-13-20)24-10-11-25(32)31(29-24)21-7-4-18(2)23(27)16-21/h4-11,16,20H,3,12-15,17H2,1-2H3,(H,28,33). The Morgan fingerprint density at radius 1 is 1.12 bits per heavy atom. The van der Waals surface area contributed by atoms with Crippen LogP contribution in [-0.4, -0.2) is 35.4 Å². The summed E-state index contributed by atoms with van der Waals surface area (Å²) in [5, 5.41) is 8.21. The fraction of sp³-hybridized carbons (Fsp3) is 0.346. The zero-order valence-corrected chi connectivity index (χ0v) is 20.2. The van der Waals surface area contributed by atoms with Crippen molar-refractivity contribution >= 4 is 23.3 Å². The molecule has 1 aliphatic heterocycles. The molecule has 178 valence electrons. The highest BCUT2D eigenvalue weighted by Crippen LogP contribution is 2.23. The van der Waals surface area contributed by atoms with Crippen LogP contribution in [0.15, 0.2) is 59.4 Å². The van der Waals surface area contributed by atoms with Crippen LogP contribution < -0.4 is 20.5 Å². The summed E-state index contributed by atoms with van der Waals surface area (Å²) in [5.74, 6) is 1.57. The number of hydrogen-bond donors (Lipinski definition) is 1. The minimum Gasteiger partial charge on any atom is -0.494 e. The number of aromatic nitrogens is 2. The lowest BCUT2D eigenvalue weighted by Gasteiger charge is -2.32. The Hall–Kier alpha value is -3.32. The Morgan fingerprint density at radius 3 is 2.53 bits per heavy atom. The molecular formula is C26H29ClN4O3. The van der Waals surface area contributed by atoms with Crippen molar-refractivity contribution < 1.29 is 9.53 Å². The van der Waals surface area contributed by atoms with Crippen molar-refractivity contribution in [1.82, 2.24) is 15.1 Å². The maximum Gasteiger partial charge on any atom is 0.271 e. The number of hydrogen-bond acceptors (Lipinski definition) is 5. The quantitative estimate of drug-likeness (QED) is 0.550. The number of nitrogens with one attached hydrogen (secondary N) is 1. The van der Waals surface area contributed by atoms with Gasteiger partial charge in [-0.2, -0.15) is 4.68 Å². The number of aryl methyl sites for hydroxylation is 1. The van der Waals surface area contributed by atoms with E-state index >= 15 is 0 Å². The van der Waals surface area contributed by atoms with E-state index in [1.807, 2.05) is 50.2 Å². The fourth-order valence-corrected chi connectivity index (χ4v) is 4.22. The summed E-state index contributed by atoms with van der Waals surface area (Å²) in [4.78, 5) is 27.2. The van der Waals surface area contributed by atoms with Gasteiger partial charge in [0, 0.05) is 36.6 Å². The summed E-state index contributed by atoms with van der Waals surface area (Å²) in [5.41, 5.74) is 2.40. The highest BCUT2D eigenvalue weighted by Gasteiger charge is 2.26. The topological polar surface area (TPSA) is 76.5 Å². The lowest BCUT2D eigenvalue weighted by Crippen LogP contribution is -2.41. The molecule has 7 nitrogen and oxygen atoms in total. The summed E-state index contributed by atoms with van der Waals surface area (Å²) >= 11 is 6.24. The third kappa shape index (κ3) is 5.59. The van der Waals surface area contributed by atoms with Crippen molar-refractivity contribution in [2.45, 2.75) is 33.2 Å². The van der Waals surface area contributed by atoms with Crippen LogP contribution >= 0.6 is 11.6 Å². The van der Waals surface area contributed by atoms with Crippen LogP contribution in [0.2, 0.25) is 5.02 Å². The summed E-state index contributed by atoms with van der Waals surface area (Å²) in [6.07, 6.45) is 1.46. The van der Waals surface area contributed by atoms with Gasteiger partial charge in [0.05, 0.1) is 12.3 Å². The van der Waals surface area contributed by atoms with E-state index in [9.17, 15) is 9.59 Å². The number of rotatable bonds is 7. The normalized spacial score (nSPS) is 14.1. The molecule has 0 saturated carbocycles. The SMILES string of the molecule is CCOc1ccc(CNC(=O)C2CCN(c3ccc(=O)n(-c4ccc(C)c(Cl)c4)n3)CC2)cc1. The van der Waals surface area contributed by atoms with Gasteiger partial charge in [-0.3, -0.25) is 9.59 Å². The number of ether oxygens (including phenoxy) is 1. The first-order valence-corrected chi connectivity index (χ1v) is 11.9. The molecule has 1 aromatic heterocycles. The molecule has 0 spiro atoms. The second-order valence-electron chi connectivity index (χ2n) is 8.43. The van der Waals surface area contributed by atoms with Gasteiger partial charge in [-0.05, 0) is 68.1 Å². The first-order chi connectivity index (χ1) is 16.4. The minimum absolute atomic E-state index is 0.0410. The Labute approximate surface area is 204 Å². The summed E-state index contributed by atoms with van der Waals surface area (Å²) in [6, 6.07) is 16.5. The van der Waals surface area contributed by atoms with Gasteiger partial charge in [-0.15, -0.1) is 5.10 Å². The average molecular weight is 481 g/mol. The monoisotopic (exact) mass is 480 g/mol. The van der Waals surface area contributed by atoms with Crippen LogP contribution in [0.3, 0.4) is 0 Å². The predicted molar refractivity (Wildman–Crippen MR) is 134 cm³/mol. The van der Waals surface area contributed by atoms with Crippen molar-refractivity contribution in [3.8, 4) is 11.4 Å². The third-order valence-electron chi connectivity index (χ3n) is 6.08. The molecule has 1 N–H and O–H groups in total. The van der Waals surface area contributed by atoms with Crippen molar-refractivity contribution in [2.24, 2.45) is 5.92 Å². The molecular weight excluding hydrogens is 452 g/mol. The molecule has 0 aliphatic carbocycles. The number of amides is 1. The average Bonchev–Trinajstić information content (AvgIpc) is 2.86. The lowest BCUT2D eigenvalue weighted by molar-refractivity contribution is -0.125. The molecule has 1 aliphatic rings. The van der Waals surface area contributed by atoms with Gasteiger partial charge in [0.15, 0.2) is 0 Å². The third-order valence-corrected chi connectivity index (χ3v) is 6.48. The molecule has 3 aromatic rings. The number of anilines is 1. The van der Waals surface area contributed by atoms with Crippen LogP contribution in [0.25, 0.3) is 5.69 Å². The van der Waals surface area contributed by atoms with Crippen molar-refractivity contribution in [3.05, 3.63) is 81.1 Å². The number of nitrogens with zero attached hydrogens (tertiary/aromatic N) is 3. The molecule has 34 heavy (non-hydrogen) atoms. The molecule has 4 rings (SSSR count). The Kier molecular flexibility index (Phi) is 7.53. The van der Waals surface area contributed by atoms with E-state index in [1.54, 1.807) is 12.1 Å². The maximum atomic E-state index is 12.7. The van der Waals surface area contributed by atoms with Crippen LogP contribution in [0.1, 0.15) is 30.9 Å². The molecule has 8 heteroatoms. The van der Waals surface area contributed by atoms with Gasteiger partial charge < -0.3 is 15.0 Å². The largest absolute Gasteiger partial charge is 0.494 e. The fourth-order valence-electron chi connectivity index (χ4n) is 4.04. The van der Waals surface area contributed by atoms with Crippen LogP contribution in [0, 0.1) is 12.8 Å². The lowest BCUT2D eigenvalue weighted by atomic mass is 9.96. The Balaban J connectivity index is 1.34. The van der Waals surface area contributed by atoms with E-state index in [0.717, 1.165) is 29.7 Å². The summed E-state index contributed by atoms with van der Waals surface area (Å²) in [6.45, 7) is 6.38. The van der Waals surface area contributed by atoms with E-state index < -0.39 is 0 Å². The Bertz CT molecular complexity index is 1200. The smallest absolute Gasteiger partial charge is 0.271 e. The van der Waals surface area contributed by atoms with E-state index in [2.05, 4.69) is 15.3 Å². The van der Waals surface area contributed by atoms with Gasteiger partial charge in [0.1, 0.15) is 11.6 Å². The molecule has 0 atom stereocenters. The van der Waals surface area contributed by atoms with Gasteiger partial charge >= 0.3 is 0 Å². The van der Waals surface area contributed by atoms with Gasteiger partial charge in [0.2, 0.25) is 5.91 Å². The van der Waals surface area contributed by atoms with Crippen LogP contribution in [0.5, 0.6) is 5.75 Å². The zero-order valence-electron chi connectivity index (χ0n) is 19.5. The number of carbonyl (C=O) groups is 1. The van der Waals surface area contributed by atoms with Gasteiger partial charge in [0.25, 0.3) is 5.56 Å². The second kappa shape index (κ2) is 10.7. The number of halogens is 1. The van der Waals surface area contributed by atoms with Crippen molar-refractivity contribution in [3.63, 3.8) is 0 Å².